The summed E-state index contributed by atoms with van der Waals surface area (Å²) in [6, 6.07) is 16.7. The number of rotatable bonds is 9. The van der Waals surface area contributed by atoms with E-state index in [2.05, 4.69) is 5.32 Å². The van der Waals surface area contributed by atoms with E-state index in [1.165, 1.54) is 53.9 Å². The topological polar surface area (TPSA) is 113 Å². The summed E-state index contributed by atoms with van der Waals surface area (Å²) in [5.74, 6) is -0.441. The molecule has 0 saturated carbocycles. The molecule has 39 heavy (non-hydrogen) atoms. The average molecular weight is 592 g/mol. The Morgan fingerprint density at radius 2 is 1.62 bits per heavy atom. The van der Waals surface area contributed by atoms with Crippen LogP contribution in [0, 0.1) is 6.92 Å². The normalized spacial score (nSPS) is 14.5. The predicted molar refractivity (Wildman–Crippen MR) is 151 cm³/mol. The van der Waals surface area contributed by atoms with Gasteiger partial charge in [-0.05, 0) is 79.9 Å². The lowest BCUT2D eigenvalue weighted by Gasteiger charge is -2.26. The molecule has 0 atom stereocenters. The van der Waals surface area contributed by atoms with E-state index in [4.69, 9.17) is 16.3 Å². The number of nitrogens with zero attached hydrogens (tertiary/aromatic N) is 2. The maximum atomic E-state index is 13.6. The fraction of sp³-hybridized carbons (Fsp3) is 0.296. The number of halogens is 1. The highest BCUT2D eigenvalue weighted by Crippen LogP contribution is 2.31. The van der Waals surface area contributed by atoms with E-state index in [-0.39, 0.29) is 21.2 Å². The minimum atomic E-state index is -4.16. The molecule has 3 aromatic carbocycles. The standard InChI is InChI=1S/C27H30ClN3O6S2/c1-20-7-6-8-22(17-20)31(39(35,36)23-11-9-21(28)10-12-23)19-27(32)29-25-18-24(13-14-26(25)37-2)38(33,34)30-15-4-3-5-16-30/h6-14,17-18H,3-5,15-16,19H2,1-2H3,(H,29,32). The van der Waals surface area contributed by atoms with Gasteiger partial charge in [0.15, 0.2) is 0 Å². The minimum absolute atomic E-state index is 0.0184. The maximum absolute atomic E-state index is 13.6. The first kappa shape index (κ1) is 28.9. The summed E-state index contributed by atoms with van der Waals surface area (Å²) in [4.78, 5) is 13.3. The molecule has 0 bridgehead atoms. The van der Waals surface area contributed by atoms with Gasteiger partial charge in [-0.1, -0.05) is 30.2 Å². The Morgan fingerprint density at radius 1 is 0.949 bits per heavy atom. The van der Waals surface area contributed by atoms with Gasteiger partial charge in [0.05, 0.1) is 28.3 Å². The van der Waals surface area contributed by atoms with E-state index in [0.717, 1.165) is 29.1 Å². The Bertz CT molecular complexity index is 1550. The second-order valence-electron chi connectivity index (χ2n) is 9.18. The van der Waals surface area contributed by atoms with Crippen molar-refractivity contribution >= 4 is 48.9 Å². The molecule has 1 heterocycles. The Labute approximate surface area is 234 Å². The first-order valence-corrected chi connectivity index (χ1v) is 15.6. The molecule has 4 rings (SSSR count). The zero-order chi connectivity index (χ0) is 28.2. The number of methoxy groups -OCH3 is 1. The number of hydrogen-bond acceptors (Lipinski definition) is 6. The number of piperidine rings is 1. The monoisotopic (exact) mass is 591 g/mol. The summed E-state index contributed by atoms with van der Waals surface area (Å²) in [5.41, 5.74) is 1.23. The van der Waals surface area contributed by atoms with Crippen molar-refractivity contribution < 1.29 is 26.4 Å². The highest BCUT2D eigenvalue weighted by molar-refractivity contribution is 7.92. The van der Waals surface area contributed by atoms with Crippen LogP contribution in [-0.2, 0) is 24.8 Å². The summed E-state index contributed by atoms with van der Waals surface area (Å²) in [6.45, 7) is 2.12. The Morgan fingerprint density at radius 3 is 2.26 bits per heavy atom. The molecule has 3 aromatic rings. The van der Waals surface area contributed by atoms with E-state index in [1.54, 1.807) is 18.2 Å². The van der Waals surface area contributed by atoms with E-state index >= 15 is 0 Å². The third kappa shape index (κ3) is 6.55. The highest BCUT2D eigenvalue weighted by Gasteiger charge is 2.29. The SMILES string of the molecule is COc1ccc(S(=O)(=O)N2CCCCC2)cc1NC(=O)CN(c1cccc(C)c1)S(=O)(=O)c1ccc(Cl)cc1. The van der Waals surface area contributed by atoms with E-state index in [0.29, 0.717) is 23.8 Å². The number of anilines is 2. The Kier molecular flexibility index (Phi) is 8.85. The van der Waals surface area contributed by atoms with Crippen molar-refractivity contribution in [3.8, 4) is 5.75 Å². The Balaban J connectivity index is 1.65. The molecular weight excluding hydrogens is 562 g/mol. The molecule has 12 heteroatoms. The summed E-state index contributed by atoms with van der Waals surface area (Å²) < 4.78 is 61.4. The van der Waals surface area contributed by atoms with Crippen LogP contribution in [-0.4, -0.2) is 53.8 Å². The van der Waals surface area contributed by atoms with Gasteiger partial charge in [-0.25, -0.2) is 16.8 Å². The molecule has 0 aliphatic carbocycles. The molecule has 1 amide bonds. The first-order valence-electron chi connectivity index (χ1n) is 12.4. The van der Waals surface area contributed by atoms with Crippen molar-refractivity contribution in [2.75, 3.05) is 36.4 Å². The molecular formula is C27H30ClN3O6S2. The van der Waals surface area contributed by atoms with Gasteiger partial charge < -0.3 is 10.1 Å². The zero-order valence-electron chi connectivity index (χ0n) is 21.6. The third-order valence-corrected chi connectivity index (χ3v) is 10.3. The van der Waals surface area contributed by atoms with Gasteiger partial charge in [0.1, 0.15) is 12.3 Å². The fourth-order valence-corrected chi connectivity index (χ4v) is 7.43. The fourth-order valence-electron chi connectivity index (χ4n) is 4.35. The van der Waals surface area contributed by atoms with Crippen LogP contribution in [0.5, 0.6) is 5.75 Å². The van der Waals surface area contributed by atoms with Crippen molar-refractivity contribution in [3.05, 3.63) is 77.3 Å². The average Bonchev–Trinajstić information content (AvgIpc) is 2.92. The molecule has 1 aliphatic rings. The lowest BCUT2D eigenvalue weighted by Crippen LogP contribution is -2.38. The van der Waals surface area contributed by atoms with E-state index in [1.807, 2.05) is 13.0 Å². The van der Waals surface area contributed by atoms with Crippen molar-refractivity contribution in [2.45, 2.75) is 36.0 Å². The van der Waals surface area contributed by atoms with Crippen LogP contribution in [0.15, 0.2) is 76.5 Å². The molecule has 0 aromatic heterocycles. The van der Waals surface area contributed by atoms with Crippen LogP contribution in [0.4, 0.5) is 11.4 Å². The summed E-state index contributed by atoms with van der Waals surface area (Å²) in [5, 5.41) is 3.03. The minimum Gasteiger partial charge on any atom is -0.495 e. The summed E-state index contributed by atoms with van der Waals surface area (Å²) >= 11 is 5.95. The smallest absolute Gasteiger partial charge is 0.264 e. The van der Waals surface area contributed by atoms with Crippen LogP contribution in [0.1, 0.15) is 24.8 Å². The number of ether oxygens (including phenoxy) is 1. The molecule has 1 saturated heterocycles. The zero-order valence-corrected chi connectivity index (χ0v) is 24.0. The van der Waals surface area contributed by atoms with Gasteiger partial charge in [-0.2, -0.15) is 4.31 Å². The van der Waals surface area contributed by atoms with Crippen LogP contribution >= 0.6 is 11.6 Å². The molecule has 0 unspecified atom stereocenters. The number of nitrogens with one attached hydrogen (secondary N) is 1. The van der Waals surface area contributed by atoms with Crippen LogP contribution in [0.3, 0.4) is 0 Å². The number of benzene rings is 3. The summed E-state index contributed by atoms with van der Waals surface area (Å²) in [6.07, 6.45) is 2.55. The van der Waals surface area contributed by atoms with Crippen LogP contribution < -0.4 is 14.4 Å². The van der Waals surface area contributed by atoms with Gasteiger partial charge >= 0.3 is 0 Å². The predicted octanol–water partition coefficient (Wildman–Crippen LogP) is 4.67. The lowest BCUT2D eigenvalue weighted by molar-refractivity contribution is -0.114. The van der Waals surface area contributed by atoms with Gasteiger partial charge in [-0.3, -0.25) is 9.10 Å². The third-order valence-electron chi connectivity index (χ3n) is 6.38. The van der Waals surface area contributed by atoms with Crippen molar-refractivity contribution in [3.63, 3.8) is 0 Å². The number of sulfonamides is 2. The molecule has 208 valence electrons. The molecule has 1 aliphatic heterocycles. The lowest BCUT2D eigenvalue weighted by atomic mass is 10.2. The van der Waals surface area contributed by atoms with Gasteiger partial charge in [-0.15, -0.1) is 0 Å². The second-order valence-corrected chi connectivity index (χ2v) is 13.4. The number of carbonyl (C=O) groups excluding carboxylic acids is 1. The molecule has 0 radical (unpaired) electrons. The number of amides is 1. The van der Waals surface area contributed by atoms with Crippen molar-refractivity contribution in [1.29, 1.82) is 0 Å². The van der Waals surface area contributed by atoms with Crippen LogP contribution in [0.2, 0.25) is 5.02 Å². The van der Waals surface area contributed by atoms with Gasteiger partial charge in [0, 0.05) is 18.1 Å². The van der Waals surface area contributed by atoms with Gasteiger partial charge in [0.2, 0.25) is 15.9 Å². The van der Waals surface area contributed by atoms with Gasteiger partial charge in [0.25, 0.3) is 10.0 Å². The highest BCUT2D eigenvalue weighted by atomic mass is 35.5. The van der Waals surface area contributed by atoms with Crippen LogP contribution in [0.25, 0.3) is 0 Å². The number of aryl methyl sites for hydroxylation is 1. The molecule has 0 spiro atoms. The van der Waals surface area contributed by atoms with Crippen molar-refractivity contribution in [2.24, 2.45) is 0 Å². The quantitative estimate of drug-likeness (QED) is 0.387. The van der Waals surface area contributed by atoms with E-state index < -0.39 is 32.5 Å². The molecule has 1 fully saturated rings. The summed E-state index contributed by atoms with van der Waals surface area (Å²) in [7, 11) is -6.53. The van der Waals surface area contributed by atoms with Crippen molar-refractivity contribution in [1.82, 2.24) is 4.31 Å². The first-order chi connectivity index (χ1) is 18.5. The number of carbonyl (C=O) groups is 1. The molecule has 1 N–H and O–H groups in total. The molecule has 9 nitrogen and oxygen atoms in total. The largest absolute Gasteiger partial charge is 0.495 e. The Hall–Kier alpha value is -3.12. The van der Waals surface area contributed by atoms with E-state index in [9.17, 15) is 21.6 Å². The maximum Gasteiger partial charge on any atom is 0.264 e. The second kappa shape index (κ2) is 12.0. The number of hydrogen-bond donors (Lipinski definition) is 1.